The lowest BCUT2D eigenvalue weighted by molar-refractivity contribution is 0.0702. The predicted molar refractivity (Wildman–Crippen MR) is 65.2 cm³/mol. The second-order valence-electron chi connectivity index (χ2n) is 3.45. The van der Waals surface area contributed by atoms with Crippen LogP contribution in [0.3, 0.4) is 0 Å². The van der Waals surface area contributed by atoms with Gasteiger partial charge in [0.15, 0.2) is 0 Å². The van der Waals surface area contributed by atoms with E-state index in [0.717, 1.165) is 22.5 Å². The number of carbonyl (C=O) groups excluding carboxylic acids is 1. The van der Waals surface area contributed by atoms with Crippen molar-refractivity contribution in [3.05, 3.63) is 46.2 Å². The van der Waals surface area contributed by atoms with Gasteiger partial charge < -0.3 is 10.8 Å². The lowest BCUT2D eigenvalue weighted by atomic mass is 10.1. The molecule has 0 aliphatic carbocycles. The van der Waals surface area contributed by atoms with Crippen LogP contribution >= 0.6 is 11.3 Å². The molecule has 0 atom stereocenters. The molecule has 0 aliphatic rings. The molecule has 0 unspecified atom stereocenters. The molecule has 1 aromatic carbocycles. The zero-order valence-electron chi connectivity index (χ0n) is 8.71. The molecule has 0 aliphatic heterocycles. The van der Waals surface area contributed by atoms with Gasteiger partial charge in [0.2, 0.25) is 5.91 Å². The maximum absolute atomic E-state index is 11.0. The number of thiophene rings is 1. The van der Waals surface area contributed by atoms with Gasteiger partial charge in [-0.1, -0.05) is 12.1 Å². The lowest BCUT2D eigenvalue weighted by Gasteiger charge is -1.99. The predicted octanol–water partition coefficient (Wildman–Crippen LogP) is 2.21. The Morgan fingerprint density at radius 1 is 1.18 bits per heavy atom. The van der Waals surface area contributed by atoms with Crippen LogP contribution in [0.5, 0.6) is 0 Å². The highest BCUT2D eigenvalue weighted by atomic mass is 32.1. The van der Waals surface area contributed by atoms with E-state index in [2.05, 4.69) is 0 Å². The van der Waals surface area contributed by atoms with Crippen molar-refractivity contribution >= 4 is 23.2 Å². The number of hydrogen-bond acceptors (Lipinski definition) is 3. The molecule has 2 rings (SSSR count). The minimum absolute atomic E-state index is 0.268. The molecule has 1 aromatic heterocycles. The molecule has 1 heterocycles. The van der Waals surface area contributed by atoms with Gasteiger partial charge in [-0.2, -0.15) is 0 Å². The van der Waals surface area contributed by atoms with E-state index in [9.17, 15) is 9.59 Å². The molecule has 5 heteroatoms. The SMILES string of the molecule is NC(=O)c1cccc(-c2csc(C(=O)O)c2)c1. The number of carboxylic acid groups (broad SMARTS) is 1. The van der Waals surface area contributed by atoms with Gasteiger partial charge in [-0.3, -0.25) is 4.79 Å². The van der Waals surface area contributed by atoms with Crippen molar-refractivity contribution < 1.29 is 14.7 Å². The standard InChI is InChI=1S/C12H9NO3S/c13-11(14)8-3-1-2-7(4-8)9-5-10(12(15)16)17-6-9/h1-6H,(H2,13,14)(H,15,16). The Kier molecular flexibility index (Phi) is 2.93. The van der Waals surface area contributed by atoms with Gasteiger partial charge >= 0.3 is 5.97 Å². The van der Waals surface area contributed by atoms with E-state index >= 15 is 0 Å². The van der Waals surface area contributed by atoms with Crippen LogP contribution in [0.15, 0.2) is 35.7 Å². The minimum atomic E-state index is -0.952. The summed E-state index contributed by atoms with van der Waals surface area (Å²) < 4.78 is 0. The fourth-order valence-corrected chi connectivity index (χ4v) is 2.21. The van der Waals surface area contributed by atoms with Gasteiger partial charge in [-0.15, -0.1) is 11.3 Å². The summed E-state index contributed by atoms with van der Waals surface area (Å²) in [4.78, 5) is 22.1. The third-order valence-electron chi connectivity index (χ3n) is 2.29. The quantitative estimate of drug-likeness (QED) is 0.872. The van der Waals surface area contributed by atoms with E-state index in [1.54, 1.807) is 35.7 Å². The van der Waals surface area contributed by atoms with Crippen molar-refractivity contribution in [2.75, 3.05) is 0 Å². The van der Waals surface area contributed by atoms with E-state index in [1.807, 2.05) is 0 Å². The monoisotopic (exact) mass is 247 g/mol. The van der Waals surface area contributed by atoms with Crippen molar-refractivity contribution in [3.8, 4) is 11.1 Å². The molecule has 3 N–H and O–H groups in total. The molecule has 0 spiro atoms. The molecule has 0 saturated heterocycles. The normalized spacial score (nSPS) is 10.1. The number of nitrogens with two attached hydrogens (primary N) is 1. The average molecular weight is 247 g/mol. The summed E-state index contributed by atoms with van der Waals surface area (Å²) >= 11 is 1.15. The number of aromatic carboxylic acids is 1. The summed E-state index contributed by atoms with van der Waals surface area (Å²) in [7, 11) is 0. The average Bonchev–Trinajstić information content (AvgIpc) is 2.78. The third-order valence-corrected chi connectivity index (χ3v) is 3.21. The van der Waals surface area contributed by atoms with E-state index < -0.39 is 11.9 Å². The number of amides is 1. The Hall–Kier alpha value is -2.14. The van der Waals surface area contributed by atoms with Crippen LogP contribution in [0, 0.1) is 0 Å². The molecule has 0 radical (unpaired) electrons. The molecule has 2 aromatic rings. The van der Waals surface area contributed by atoms with Gasteiger partial charge in [0, 0.05) is 5.56 Å². The molecule has 17 heavy (non-hydrogen) atoms. The van der Waals surface area contributed by atoms with Crippen molar-refractivity contribution in [3.63, 3.8) is 0 Å². The van der Waals surface area contributed by atoms with Gasteiger partial charge in [0.25, 0.3) is 0 Å². The van der Waals surface area contributed by atoms with Crippen molar-refractivity contribution in [2.24, 2.45) is 5.73 Å². The number of carboxylic acids is 1. The van der Waals surface area contributed by atoms with Crippen LogP contribution in [-0.2, 0) is 0 Å². The van der Waals surface area contributed by atoms with Crippen molar-refractivity contribution in [1.82, 2.24) is 0 Å². The van der Waals surface area contributed by atoms with Gasteiger partial charge in [-0.25, -0.2) is 4.79 Å². The second-order valence-corrected chi connectivity index (χ2v) is 4.36. The zero-order valence-corrected chi connectivity index (χ0v) is 9.53. The van der Waals surface area contributed by atoms with Crippen LogP contribution in [0.25, 0.3) is 11.1 Å². The minimum Gasteiger partial charge on any atom is -0.477 e. The van der Waals surface area contributed by atoms with Crippen LogP contribution in [-0.4, -0.2) is 17.0 Å². The fraction of sp³-hybridized carbons (Fsp3) is 0. The van der Waals surface area contributed by atoms with Crippen molar-refractivity contribution in [2.45, 2.75) is 0 Å². The van der Waals surface area contributed by atoms with E-state index in [0.29, 0.717) is 5.56 Å². The third kappa shape index (κ3) is 2.34. The molecule has 4 nitrogen and oxygen atoms in total. The van der Waals surface area contributed by atoms with E-state index in [-0.39, 0.29) is 4.88 Å². The van der Waals surface area contributed by atoms with Crippen molar-refractivity contribution in [1.29, 1.82) is 0 Å². The topological polar surface area (TPSA) is 80.4 Å². The van der Waals surface area contributed by atoms with E-state index in [1.165, 1.54) is 0 Å². The Balaban J connectivity index is 2.42. The van der Waals surface area contributed by atoms with Gasteiger partial charge in [-0.05, 0) is 34.7 Å². The Bertz CT molecular complexity index is 589. The lowest BCUT2D eigenvalue weighted by Crippen LogP contribution is -2.10. The highest BCUT2D eigenvalue weighted by Crippen LogP contribution is 2.26. The van der Waals surface area contributed by atoms with Crippen LogP contribution in [0.1, 0.15) is 20.0 Å². The first-order valence-corrected chi connectivity index (χ1v) is 5.68. The first-order valence-electron chi connectivity index (χ1n) is 4.80. The van der Waals surface area contributed by atoms with Crippen LogP contribution in [0.2, 0.25) is 0 Å². The second kappa shape index (κ2) is 4.39. The maximum atomic E-state index is 11.0. The molecule has 1 amide bonds. The molecule has 0 saturated carbocycles. The fourth-order valence-electron chi connectivity index (χ4n) is 1.45. The molecular formula is C12H9NO3S. The molecule has 0 bridgehead atoms. The number of carbonyl (C=O) groups is 2. The Morgan fingerprint density at radius 2 is 1.94 bits per heavy atom. The highest BCUT2D eigenvalue weighted by Gasteiger charge is 2.09. The maximum Gasteiger partial charge on any atom is 0.345 e. The summed E-state index contributed by atoms with van der Waals surface area (Å²) in [6.07, 6.45) is 0. The summed E-state index contributed by atoms with van der Waals surface area (Å²) in [6.45, 7) is 0. The number of hydrogen-bond donors (Lipinski definition) is 2. The first-order chi connectivity index (χ1) is 8.08. The smallest absolute Gasteiger partial charge is 0.345 e. The Morgan fingerprint density at radius 3 is 2.53 bits per heavy atom. The van der Waals surface area contributed by atoms with Gasteiger partial charge in [0.05, 0.1) is 0 Å². The number of primary amides is 1. The molecule has 86 valence electrons. The first kappa shape index (κ1) is 11.3. The number of rotatable bonds is 3. The van der Waals surface area contributed by atoms with E-state index in [4.69, 9.17) is 10.8 Å². The zero-order chi connectivity index (χ0) is 12.4. The molecular weight excluding hydrogens is 238 g/mol. The van der Waals surface area contributed by atoms with Crippen LogP contribution < -0.4 is 5.73 Å². The number of benzene rings is 1. The largest absolute Gasteiger partial charge is 0.477 e. The summed E-state index contributed by atoms with van der Waals surface area (Å²) in [5.74, 6) is -1.45. The summed E-state index contributed by atoms with van der Waals surface area (Å²) in [5, 5.41) is 10.6. The molecule has 0 fully saturated rings. The summed E-state index contributed by atoms with van der Waals surface area (Å²) in [5.41, 5.74) is 7.15. The van der Waals surface area contributed by atoms with Crippen LogP contribution in [0.4, 0.5) is 0 Å². The van der Waals surface area contributed by atoms with Gasteiger partial charge in [0.1, 0.15) is 4.88 Å². The Labute approximate surface area is 101 Å². The highest BCUT2D eigenvalue weighted by molar-refractivity contribution is 7.12. The summed E-state index contributed by atoms with van der Waals surface area (Å²) in [6, 6.07) is 8.37.